The maximum Gasteiger partial charge on any atom is 0.141 e. The van der Waals surface area contributed by atoms with E-state index >= 15 is 0 Å². The molecule has 0 aromatic heterocycles. The van der Waals surface area contributed by atoms with Crippen molar-refractivity contribution in [1.29, 1.82) is 0 Å². The summed E-state index contributed by atoms with van der Waals surface area (Å²) in [7, 11) is 0. The number of hydrogen-bond donors (Lipinski definition) is 2. The minimum Gasteiger partial charge on any atom is -0.393 e. The predicted octanol–water partition coefficient (Wildman–Crippen LogP) is 3.30. The SMILES string of the molecule is C[C@]12CCC(=NO[C@H]3CCNC3)CC1C(O)C[C@@H]1[C@H]2CC[C@]2(C)C(=O)CC[C@@H]12. The quantitative estimate of drug-likeness (QED) is 0.712. The number of oxime groups is 1. The molecule has 0 aromatic rings. The summed E-state index contributed by atoms with van der Waals surface area (Å²) in [5.74, 6) is 2.41. The summed E-state index contributed by atoms with van der Waals surface area (Å²) in [6.07, 6.45) is 8.80. The summed E-state index contributed by atoms with van der Waals surface area (Å²) in [6, 6.07) is 0. The van der Waals surface area contributed by atoms with Crippen LogP contribution in [0.1, 0.15) is 71.6 Å². The molecule has 0 bridgehead atoms. The molecule has 5 nitrogen and oxygen atoms in total. The molecular formula is C23H36N2O3. The van der Waals surface area contributed by atoms with Crippen molar-refractivity contribution in [2.45, 2.75) is 83.8 Å². The van der Waals surface area contributed by atoms with Crippen LogP contribution in [0.15, 0.2) is 5.16 Å². The number of carbonyl (C=O) groups is 1. The Bertz CT molecular complexity index is 673. The summed E-state index contributed by atoms with van der Waals surface area (Å²) in [4.78, 5) is 18.4. The second kappa shape index (κ2) is 6.80. The molecule has 1 saturated heterocycles. The number of Topliss-reactive ketones (excluding diaryl/α,β-unsaturated/α-hetero) is 1. The Hall–Kier alpha value is -0.940. The molecule has 5 fully saturated rings. The van der Waals surface area contributed by atoms with Crippen molar-refractivity contribution in [1.82, 2.24) is 5.32 Å². The topological polar surface area (TPSA) is 70.9 Å². The van der Waals surface area contributed by atoms with Gasteiger partial charge in [0.1, 0.15) is 11.9 Å². The Morgan fingerprint density at radius 1 is 1.11 bits per heavy atom. The highest BCUT2D eigenvalue weighted by molar-refractivity contribution is 5.87. The van der Waals surface area contributed by atoms with Gasteiger partial charge in [-0.25, -0.2) is 0 Å². The van der Waals surface area contributed by atoms with Gasteiger partial charge in [0, 0.05) is 24.8 Å². The first-order valence-electron chi connectivity index (χ1n) is 11.6. The van der Waals surface area contributed by atoms with Crippen LogP contribution in [-0.4, -0.2) is 41.9 Å². The third-order valence-corrected chi connectivity index (χ3v) is 9.57. The van der Waals surface area contributed by atoms with Crippen LogP contribution in [0.25, 0.3) is 0 Å². The van der Waals surface area contributed by atoms with E-state index in [-0.39, 0.29) is 29.0 Å². The third kappa shape index (κ3) is 2.79. The lowest BCUT2D eigenvalue weighted by molar-refractivity contribution is -0.153. The lowest BCUT2D eigenvalue weighted by Gasteiger charge is -2.60. The van der Waals surface area contributed by atoms with Crippen LogP contribution in [0.3, 0.4) is 0 Å². The normalized spacial score (nSPS) is 52.2. The minimum absolute atomic E-state index is 0.117. The molecule has 156 valence electrons. The van der Waals surface area contributed by atoms with Gasteiger partial charge in [0.25, 0.3) is 0 Å². The Kier molecular flexibility index (Phi) is 4.63. The smallest absolute Gasteiger partial charge is 0.141 e. The van der Waals surface area contributed by atoms with E-state index < -0.39 is 0 Å². The molecule has 5 heteroatoms. The fraction of sp³-hybridized carbons (Fsp3) is 0.913. The molecule has 8 atom stereocenters. The fourth-order valence-electron chi connectivity index (χ4n) is 7.82. The van der Waals surface area contributed by atoms with E-state index in [1.165, 1.54) is 0 Å². The lowest BCUT2D eigenvalue weighted by atomic mass is 9.44. The average molecular weight is 389 g/mol. The van der Waals surface area contributed by atoms with E-state index in [0.717, 1.165) is 76.6 Å². The molecule has 4 aliphatic carbocycles. The van der Waals surface area contributed by atoms with Crippen molar-refractivity contribution in [2.24, 2.45) is 39.7 Å². The zero-order chi connectivity index (χ0) is 19.5. The average Bonchev–Trinajstić information content (AvgIpc) is 3.29. The van der Waals surface area contributed by atoms with Gasteiger partial charge >= 0.3 is 0 Å². The standard InChI is InChI=1S/C23H36N2O3/c1-22-8-5-14(25-28-15-7-10-24-13-15)11-19(22)20(26)12-16-17-3-4-21(27)23(17,2)9-6-18(16)22/h15-20,24,26H,3-13H2,1-2H3/t15-,16-,17-,18+,19?,20?,22+,23-/m0/s1. The van der Waals surface area contributed by atoms with Crippen molar-refractivity contribution in [3.63, 3.8) is 0 Å². The highest BCUT2D eigenvalue weighted by Gasteiger charge is 2.61. The maximum absolute atomic E-state index is 12.6. The first-order chi connectivity index (χ1) is 13.4. The summed E-state index contributed by atoms with van der Waals surface area (Å²) < 4.78 is 0. The molecule has 0 radical (unpaired) electrons. The first-order valence-corrected chi connectivity index (χ1v) is 11.6. The van der Waals surface area contributed by atoms with E-state index in [1.54, 1.807) is 0 Å². The van der Waals surface area contributed by atoms with Gasteiger partial charge in [0.2, 0.25) is 0 Å². The zero-order valence-electron chi connectivity index (χ0n) is 17.5. The van der Waals surface area contributed by atoms with Crippen LogP contribution in [0, 0.1) is 34.5 Å². The maximum atomic E-state index is 12.6. The number of aliphatic hydroxyl groups is 1. The first kappa shape index (κ1) is 19.0. The molecule has 4 saturated carbocycles. The number of nitrogens with zero attached hydrogens (tertiary/aromatic N) is 1. The van der Waals surface area contributed by atoms with Gasteiger partial charge in [-0.1, -0.05) is 19.0 Å². The van der Waals surface area contributed by atoms with E-state index in [0.29, 0.717) is 23.5 Å². The lowest BCUT2D eigenvalue weighted by Crippen LogP contribution is -2.57. The molecule has 2 unspecified atom stereocenters. The molecule has 5 rings (SSSR count). The number of nitrogens with one attached hydrogen (secondary N) is 1. The monoisotopic (exact) mass is 388 g/mol. The highest BCUT2D eigenvalue weighted by Crippen LogP contribution is 2.65. The van der Waals surface area contributed by atoms with Crippen molar-refractivity contribution in [2.75, 3.05) is 13.1 Å². The number of rotatable bonds is 2. The van der Waals surface area contributed by atoms with Gasteiger partial charge in [0.15, 0.2) is 0 Å². The van der Waals surface area contributed by atoms with Crippen molar-refractivity contribution in [3.8, 4) is 0 Å². The molecule has 28 heavy (non-hydrogen) atoms. The van der Waals surface area contributed by atoms with Gasteiger partial charge in [0.05, 0.1) is 11.8 Å². The van der Waals surface area contributed by atoms with Crippen molar-refractivity contribution >= 4 is 11.5 Å². The van der Waals surface area contributed by atoms with Crippen LogP contribution >= 0.6 is 0 Å². The molecule has 0 aromatic carbocycles. The van der Waals surface area contributed by atoms with E-state index in [9.17, 15) is 9.90 Å². The number of aliphatic hydroxyl groups excluding tert-OH is 1. The molecule has 0 amide bonds. The minimum atomic E-state index is -0.275. The van der Waals surface area contributed by atoms with Crippen molar-refractivity contribution in [3.05, 3.63) is 0 Å². The van der Waals surface area contributed by atoms with Gasteiger partial charge in [-0.15, -0.1) is 0 Å². The molecule has 0 spiro atoms. The number of hydrogen-bond acceptors (Lipinski definition) is 5. The van der Waals surface area contributed by atoms with Crippen LogP contribution in [0.5, 0.6) is 0 Å². The Balaban J connectivity index is 1.34. The van der Waals surface area contributed by atoms with E-state index in [1.807, 2.05) is 0 Å². The fourth-order valence-corrected chi connectivity index (χ4v) is 7.82. The van der Waals surface area contributed by atoms with E-state index in [2.05, 4.69) is 24.3 Å². The summed E-state index contributed by atoms with van der Waals surface area (Å²) in [5, 5.41) is 19.0. The Labute approximate surface area is 168 Å². The van der Waals surface area contributed by atoms with Crippen LogP contribution in [0.2, 0.25) is 0 Å². The van der Waals surface area contributed by atoms with E-state index in [4.69, 9.17) is 4.84 Å². The van der Waals surface area contributed by atoms with Crippen LogP contribution in [-0.2, 0) is 9.63 Å². The molecule has 1 aliphatic heterocycles. The van der Waals surface area contributed by atoms with Crippen LogP contribution in [0.4, 0.5) is 0 Å². The van der Waals surface area contributed by atoms with Gasteiger partial charge in [-0.05, 0) is 80.6 Å². The third-order valence-electron chi connectivity index (χ3n) is 9.57. The Morgan fingerprint density at radius 3 is 2.75 bits per heavy atom. The molecule has 5 aliphatic rings. The summed E-state index contributed by atoms with van der Waals surface area (Å²) in [6.45, 7) is 6.55. The zero-order valence-corrected chi connectivity index (χ0v) is 17.5. The molecule has 2 N–H and O–H groups in total. The number of ketones is 1. The van der Waals surface area contributed by atoms with Crippen LogP contribution < -0.4 is 5.32 Å². The van der Waals surface area contributed by atoms with Gasteiger partial charge < -0.3 is 15.3 Å². The largest absolute Gasteiger partial charge is 0.393 e. The highest BCUT2D eigenvalue weighted by atomic mass is 16.6. The van der Waals surface area contributed by atoms with Gasteiger partial charge in [-0.2, -0.15) is 0 Å². The summed E-state index contributed by atoms with van der Waals surface area (Å²) >= 11 is 0. The second-order valence-corrected chi connectivity index (χ2v) is 10.8. The van der Waals surface area contributed by atoms with Crippen molar-refractivity contribution < 1.29 is 14.7 Å². The second-order valence-electron chi connectivity index (χ2n) is 10.8. The number of fused-ring (bicyclic) bond motifs is 5. The Morgan fingerprint density at radius 2 is 1.96 bits per heavy atom. The molecule has 1 heterocycles. The summed E-state index contributed by atoms with van der Waals surface area (Å²) in [5.41, 5.74) is 1.20. The molecular weight excluding hydrogens is 352 g/mol. The predicted molar refractivity (Wildman–Crippen MR) is 108 cm³/mol. The number of carbonyl (C=O) groups excluding carboxylic acids is 1. The van der Waals surface area contributed by atoms with Gasteiger partial charge in [-0.3, -0.25) is 4.79 Å².